The van der Waals surface area contributed by atoms with Gasteiger partial charge in [-0.05, 0) is 25.1 Å². The first-order chi connectivity index (χ1) is 11.5. The van der Waals surface area contributed by atoms with Gasteiger partial charge in [-0.1, -0.05) is 29.8 Å². The number of aromatic nitrogens is 1. The summed E-state index contributed by atoms with van der Waals surface area (Å²) in [4.78, 5) is 29.6. The van der Waals surface area contributed by atoms with Crippen molar-refractivity contribution >= 4 is 29.1 Å². The molecule has 2 amide bonds. The summed E-state index contributed by atoms with van der Waals surface area (Å²) in [5.41, 5.74) is 5.91. The first-order valence-corrected chi connectivity index (χ1v) is 7.85. The highest BCUT2D eigenvalue weighted by molar-refractivity contribution is 6.34. The maximum atomic E-state index is 12.9. The van der Waals surface area contributed by atoms with Crippen LogP contribution in [0.5, 0.6) is 5.88 Å². The van der Waals surface area contributed by atoms with Crippen LogP contribution in [0.15, 0.2) is 42.5 Å². The van der Waals surface area contributed by atoms with Crippen LogP contribution in [0.3, 0.4) is 0 Å². The molecule has 0 aliphatic heterocycles. The zero-order valence-corrected chi connectivity index (χ0v) is 14.0. The van der Waals surface area contributed by atoms with Gasteiger partial charge in [-0.25, -0.2) is 4.98 Å². The molecular formula is C17H18ClN3O3. The molecule has 0 atom stereocenters. The molecule has 6 nitrogen and oxygen atoms in total. The number of amides is 2. The Morgan fingerprint density at radius 2 is 1.92 bits per heavy atom. The van der Waals surface area contributed by atoms with Gasteiger partial charge in [0.05, 0.1) is 11.6 Å². The molecule has 1 heterocycles. The summed E-state index contributed by atoms with van der Waals surface area (Å²) >= 11 is 6.13. The van der Waals surface area contributed by atoms with Gasteiger partial charge in [0.15, 0.2) is 5.69 Å². The van der Waals surface area contributed by atoms with Crippen molar-refractivity contribution < 1.29 is 14.3 Å². The number of anilines is 1. The normalized spacial score (nSPS) is 10.2. The average molecular weight is 348 g/mol. The number of halogens is 1. The Hall–Kier alpha value is -2.60. The monoisotopic (exact) mass is 347 g/mol. The van der Waals surface area contributed by atoms with Crippen LogP contribution in [0.4, 0.5) is 5.69 Å². The van der Waals surface area contributed by atoms with Crippen molar-refractivity contribution in [1.82, 2.24) is 4.98 Å². The molecule has 0 spiro atoms. The highest BCUT2D eigenvalue weighted by Crippen LogP contribution is 2.23. The Balaban J connectivity index is 2.37. The minimum absolute atomic E-state index is 0.0312. The molecule has 2 N–H and O–H groups in total. The Morgan fingerprint density at radius 3 is 2.54 bits per heavy atom. The first-order valence-electron chi connectivity index (χ1n) is 7.47. The molecule has 0 aliphatic rings. The lowest BCUT2D eigenvalue weighted by Crippen LogP contribution is -2.34. The first kappa shape index (κ1) is 17.7. The summed E-state index contributed by atoms with van der Waals surface area (Å²) in [5, 5.41) is 0.212. The van der Waals surface area contributed by atoms with Crippen LogP contribution in [0, 0.1) is 0 Å². The molecule has 0 aliphatic carbocycles. The van der Waals surface area contributed by atoms with Gasteiger partial charge < -0.3 is 15.4 Å². The van der Waals surface area contributed by atoms with Gasteiger partial charge in [-0.15, -0.1) is 0 Å². The molecule has 0 fully saturated rings. The Kier molecular flexibility index (Phi) is 6.14. The van der Waals surface area contributed by atoms with Crippen molar-refractivity contribution in [2.24, 2.45) is 5.73 Å². The van der Waals surface area contributed by atoms with Crippen molar-refractivity contribution in [3.8, 4) is 5.88 Å². The number of hydrogen-bond donors (Lipinski definition) is 1. The zero-order valence-electron chi connectivity index (χ0n) is 13.2. The van der Waals surface area contributed by atoms with Crippen LogP contribution in [0.25, 0.3) is 0 Å². The maximum Gasteiger partial charge on any atom is 0.278 e. The summed E-state index contributed by atoms with van der Waals surface area (Å²) in [6.07, 6.45) is 0.0312. The molecule has 0 bridgehead atoms. The number of ether oxygens (including phenoxy) is 1. The molecule has 0 saturated heterocycles. The molecule has 0 radical (unpaired) electrons. The Labute approximate surface area is 145 Å². The topological polar surface area (TPSA) is 85.5 Å². The van der Waals surface area contributed by atoms with Crippen LogP contribution in [0.2, 0.25) is 5.02 Å². The van der Waals surface area contributed by atoms with Crippen LogP contribution >= 0.6 is 11.6 Å². The molecule has 7 heteroatoms. The molecular weight excluding hydrogens is 330 g/mol. The van der Waals surface area contributed by atoms with Gasteiger partial charge in [0.1, 0.15) is 0 Å². The summed E-state index contributed by atoms with van der Waals surface area (Å²) < 4.78 is 5.32. The van der Waals surface area contributed by atoms with Crippen LogP contribution in [-0.2, 0) is 4.79 Å². The largest absolute Gasteiger partial charge is 0.478 e. The lowest BCUT2D eigenvalue weighted by Gasteiger charge is -2.22. The highest BCUT2D eigenvalue weighted by atomic mass is 35.5. The standard InChI is InChI=1S/C17H18ClN3O3/c1-2-24-15-9-8-13(18)16(20-15)17(23)21(11-10-14(19)22)12-6-4-3-5-7-12/h3-9H,2,10-11H2,1H3,(H2,19,22). The van der Waals surface area contributed by atoms with Crippen molar-refractivity contribution in [2.75, 3.05) is 18.1 Å². The van der Waals surface area contributed by atoms with Crippen LogP contribution in [0.1, 0.15) is 23.8 Å². The molecule has 2 aromatic rings. The van der Waals surface area contributed by atoms with E-state index in [1.54, 1.807) is 36.4 Å². The molecule has 2 rings (SSSR count). The smallest absolute Gasteiger partial charge is 0.278 e. The average Bonchev–Trinajstić information content (AvgIpc) is 2.57. The second-order valence-electron chi connectivity index (χ2n) is 4.92. The lowest BCUT2D eigenvalue weighted by molar-refractivity contribution is -0.117. The molecule has 126 valence electrons. The van der Waals surface area contributed by atoms with Crippen molar-refractivity contribution in [1.29, 1.82) is 0 Å². The minimum atomic E-state index is -0.495. The van der Waals surface area contributed by atoms with E-state index in [1.807, 2.05) is 13.0 Å². The van der Waals surface area contributed by atoms with E-state index in [-0.39, 0.29) is 23.7 Å². The summed E-state index contributed by atoms with van der Waals surface area (Å²) in [7, 11) is 0. The number of rotatable bonds is 7. The molecule has 24 heavy (non-hydrogen) atoms. The van der Waals surface area contributed by atoms with Gasteiger partial charge in [0.2, 0.25) is 11.8 Å². The number of hydrogen-bond acceptors (Lipinski definition) is 4. The predicted octanol–water partition coefficient (Wildman–Crippen LogP) is 2.66. The fourth-order valence-electron chi connectivity index (χ4n) is 2.11. The third-order valence-electron chi connectivity index (χ3n) is 3.21. The number of para-hydroxylation sites is 1. The zero-order chi connectivity index (χ0) is 17.5. The quantitative estimate of drug-likeness (QED) is 0.834. The molecule has 1 aromatic heterocycles. The summed E-state index contributed by atoms with van der Waals surface area (Å²) in [5.74, 6) is -0.604. The van der Waals surface area contributed by atoms with Crippen LogP contribution in [-0.4, -0.2) is 29.9 Å². The fourth-order valence-corrected chi connectivity index (χ4v) is 2.29. The molecule has 0 unspecified atom stereocenters. The van der Waals surface area contributed by atoms with Crippen molar-refractivity contribution in [2.45, 2.75) is 13.3 Å². The van der Waals surface area contributed by atoms with Gasteiger partial charge in [-0.2, -0.15) is 0 Å². The van der Waals surface area contributed by atoms with Crippen LogP contribution < -0.4 is 15.4 Å². The number of nitrogens with two attached hydrogens (primary N) is 1. The lowest BCUT2D eigenvalue weighted by atomic mass is 10.2. The summed E-state index contributed by atoms with van der Waals surface area (Å²) in [6.45, 7) is 2.38. The second-order valence-corrected chi connectivity index (χ2v) is 5.33. The third kappa shape index (κ3) is 4.45. The van der Waals surface area contributed by atoms with Gasteiger partial charge in [-0.3, -0.25) is 9.59 Å². The minimum Gasteiger partial charge on any atom is -0.478 e. The van der Waals surface area contributed by atoms with E-state index in [4.69, 9.17) is 22.1 Å². The predicted molar refractivity (Wildman–Crippen MR) is 92.3 cm³/mol. The number of pyridine rings is 1. The van der Waals surface area contributed by atoms with E-state index in [0.29, 0.717) is 18.2 Å². The highest BCUT2D eigenvalue weighted by Gasteiger charge is 2.22. The SMILES string of the molecule is CCOc1ccc(Cl)c(C(=O)N(CCC(N)=O)c2ccccc2)n1. The second kappa shape index (κ2) is 8.31. The number of carbonyl (C=O) groups excluding carboxylic acids is 2. The number of carbonyl (C=O) groups is 2. The maximum absolute atomic E-state index is 12.9. The fraction of sp³-hybridized carbons (Fsp3) is 0.235. The van der Waals surface area contributed by atoms with Gasteiger partial charge in [0, 0.05) is 24.7 Å². The molecule has 1 aromatic carbocycles. The number of nitrogens with zero attached hydrogens (tertiary/aromatic N) is 2. The number of benzene rings is 1. The third-order valence-corrected chi connectivity index (χ3v) is 3.52. The van der Waals surface area contributed by atoms with E-state index in [2.05, 4.69) is 4.98 Å². The van der Waals surface area contributed by atoms with Crippen molar-refractivity contribution in [3.05, 3.63) is 53.2 Å². The number of primary amides is 1. The van der Waals surface area contributed by atoms with E-state index in [0.717, 1.165) is 0 Å². The van der Waals surface area contributed by atoms with E-state index < -0.39 is 11.8 Å². The van der Waals surface area contributed by atoms with E-state index in [9.17, 15) is 9.59 Å². The van der Waals surface area contributed by atoms with Gasteiger partial charge >= 0.3 is 0 Å². The van der Waals surface area contributed by atoms with Gasteiger partial charge in [0.25, 0.3) is 5.91 Å². The van der Waals surface area contributed by atoms with E-state index in [1.165, 1.54) is 4.90 Å². The van der Waals surface area contributed by atoms with Crippen molar-refractivity contribution in [3.63, 3.8) is 0 Å². The van der Waals surface area contributed by atoms with E-state index >= 15 is 0 Å². The Bertz CT molecular complexity index is 722. The molecule has 0 saturated carbocycles. The summed E-state index contributed by atoms with van der Waals surface area (Å²) in [6, 6.07) is 12.1. The Morgan fingerprint density at radius 1 is 1.21 bits per heavy atom.